The van der Waals surface area contributed by atoms with Gasteiger partial charge in [-0.25, -0.2) is 5.48 Å². The summed E-state index contributed by atoms with van der Waals surface area (Å²) in [6.07, 6.45) is 0.866. The Morgan fingerprint density at radius 3 is 1.92 bits per heavy atom. The van der Waals surface area contributed by atoms with E-state index in [4.69, 9.17) is 5.21 Å². The molecule has 2 rings (SSSR count). The summed E-state index contributed by atoms with van der Waals surface area (Å²) in [5.41, 5.74) is 3.77. The van der Waals surface area contributed by atoms with Crippen LogP contribution in [0.4, 0.5) is 0 Å². The van der Waals surface area contributed by atoms with Crippen LogP contribution in [0, 0.1) is 0 Å². The van der Waals surface area contributed by atoms with Crippen LogP contribution in [0.25, 0.3) is 11.1 Å². The Balaban J connectivity index is 0.00000338. The van der Waals surface area contributed by atoms with Gasteiger partial charge >= 0.3 is 0 Å². The molecule has 0 radical (unpaired) electrons. The molecule has 0 aromatic heterocycles. The molecule has 0 saturated heterocycles. The molecule has 2 atom stereocenters. The van der Waals surface area contributed by atoms with Crippen LogP contribution in [0.15, 0.2) is 53.4 Å². The summed E-state index contributed by atoms with van der Waals surface area (Å²) >= 11 is 1.67. The van der Waals surface area contributed by atoms with Gasteiger partial charge in [0, 0.05) is 10.5 Å². The number of nitrogens with one attached hydrogen (secondary N) is 2. The summed E-state index contributed by atoms with van der Waals surface area (Å²) in [5.74, 6) is -1.40. The summed E-state index contributed by atoms with van der Waals surface area (Å²) in [7, 11) is 0. The molecule has 0 unspecified atom stereocenters. The maximum atomic E-state index is 12.2. The van der Waals surface area contributed by atoms with Gasteiger partial charge in [0.2, 0.25) is 0 Å². The number of hydrogen-bond donors (Lipinski definition) is 4. The Bertz CT molecular complexity index is 730. The zero-order valence-corrected chi connectivity index (χ0v) is 14.7. The number of rotatable bonds is 6. The minimum atomic E-state index is -1.24. The fourth-order valence-electron chi connectivity index (χ4n) is 2.30. The standard InChI is InChI=1S/C18H20N2O4S.CH4/c1-11(21)16(18(23)20-24)19-17(22)14-5-3-12(4-6-14)13-7-9-15(25-2)10-8-13;/h3-11,16,21,24H,1-2H3,(H,19,22)(H,20,23);1H4/t11-,16+;/m1./s1. The van der Waals surface area contributed by atoms with E-state index in [1.165, 1.54) is 17.3 Å². The Morgan fingerprint density at radius 2 is 1.50 bits per heavy atom. The number of amides is 2. The highest BCUT2D eigenvalue weighted by Gasteiger charge is 2.25. The number of thioether (sulfide) groups is 1. The van der Waals surface area contributed by atoms with E-state index in [9.17, 15) is 14.7 Å². The van der Waals surface area contributed by atoms with Crippen LogP contribution in [-0.4, -0.2) is 40.5 Å². The first-order valence-electron chi connectivity index (χ1n) is 7.63. The first-order valence-corrected chi connectivity index (χ1v) is 8.86. The summed E-state index contributed by atoms with van der Waals surface area (Å²) in [4.78, 5) is 24.9. The van der Waals surface area contributed by atoms with Crippen LogP contribution in [0.2, 0.25) is 0 Å². The summed E-state index contributed by atoms with van der Waals surface area (Å²) in [5, 5.41) is 20.6. The Labute approximate surface area is 157 Å². The van der Waals surface area contributed by atoms with Gasteiger partial charge in [-0.1, -0.05) is 31.7 Å². The lowest BCUT2D eigenvalue weighted by molar-refractivity contribution is -0.133. The maximum Gasteiger partial charge on any atom is 0.268 e. The van der Waals surface area contributed by atoms with E-state index in [1.54, 1.807) is 23.9 Å². The van der Waals surface area contributed by atoms with E-state index < -0.39 is 24.0 Å². The number of aliphatic hydroxyl groups is 1. The average Bonchev–Trinajstić information content (AvgIpc) is 2.65. The lowest BCUT2D eigenvalue weighted by atomic mass is 10.0. The predicted molar refractivity (Wildman–Crippen MR) is 103 cm³/mol. The highest BCUT2D eigenvalue weighted by Crippen LogP contribution is 2.23. The fourth-order valence-corrected chi connectivity index (χ4v) is 2.71. The molecular formula is C19H24N2O4S. The van der Waals surface area contributed by atoms with Gasteiger partial charge in [0.15, 0.2) is 0 Å². The number of carbonyl (C=O) groups is 2. The van der Waals surface area contributed by atoms with Crippen molar-refractivity contribution in [3.63, 3.8) is 0 Å². The van der Waals surface area contributed by atoms with Gasteiger partial charge in [-0.3, -0.25) is 14.8 Å². The highest BCUT2D eigenvalue weighted by atomic mass is 32.2. The first kappa shape index (κ1) is 21.7. The molecule has 0 fully saturated rings. The molecule has 0 heterocycles. The molecule has 0 spiro atoms. The fraction of sp³-hybridized carbons (Fsp3) is 0.263. The topological polar surface area (TPSA) is 98.7 Å². The smallest absolute Gasteiger partial charge is 0.268 e. The number of hydrogen-bond acceptors (Lipinski definition) is 5. The summed E-state index contributed by atoms with van der Waals surface area (Å²) < 4.78 is 0. The van der Waals surface area contributed by atoms with Gasteiger partial charge < -0.3 is 10.4 Å². The molecule has 0 saturated carbocycles. The van der Waals surface area contributed by atoms with E-state index in [1.807, 2.05) is 42.7 Å². The van der Waals surface area contributed by atoms with Crippen molar-refractivity contribution in [2.75, 3.05) is 6.26 Å². The molecule has 2 aromatic rings. The van der Waals surface area contributed by atoms with Crippen LogP contribution in [0.1, 0.15) is 24.7 Å². The molecule has 2 amide bonds. The molecule has 140 valence electrons. The Morgan fingerprint density at radius 1 is 1.00 bits per heavy atom. The minimum Gasteiger partial charge on any atom is -0.391 e. The second kappa shape index (κ2) is 9.96. The number of aliphatic hydroxyl groups excluding tert-OH is 1. The molecule has 0 bridgehead atoms. The van der Waals surface area contributed by atoms with Crippen molar-refractivity contribution in [1.29, 1.82) is 0 Å². The summed E-state index contributed by atoms with van der Waals surface area (Å²) in [6, 6.07) is 13.7. The van der Waals surface area contributed by atoms with E-state index in [0.717, 1.165) is 11.1 Å². The largest absolute Gasteiger partial charge is 0.391 e. The Hall–Kier alpha value is -2.35. The second-order valence-corrected chi connectivity index (χ2v) is 6.35. The van der Waals surface area contributed by atoms with Crippen LogP contribution in [0.5, 0.6) is 0 Å². The minimum absolute atomic E-state index is 0. The van der Waals surface area contributed by atoms with Gasteiger partial charge in [-0.15, -0.1) is 11.8 Å². The predicted octanol–water partition coefficient (Wildman–Crippen LogP) is 2.70. The van der Waals surface area contributed by atoms with Crippen molar-refractivity contribution >= 4 is 23.6 Å². The number of carbonyl (C=O) groups excluding carboxylic acids is 2. The number of benzene rings is 2. The van der Waals surface area contributed by atoms with Gasteiger partial charge in [-0.2, -0.15) is 0 Å². The van der Waals surface area contributed by atoms with E-state index in [0.29, 0.717) is 5.56 Å². The summed E-state index contributed by atoms with van der Waals surface area (Å²) in [6.45, 7) is 1.35. The van der Waals surface area contributed by atoms with Crippen LogP contribution in [-0.2, 0) is 4.79 Å². The molecule has 7 heteroatoms. The SMILES string of the molecule is C.CSc1ccc(-c2ccc(C(=O)N[C@H](C(=O)NO)[C@@H](C)O)cc2)cc1. The van der Waals surface area contributed by atoms with Crippen molar-refractivity contribution in [2.45, 2.75) is 31.4 Å². The molecule has 26 heavy (non-hydrogen) atoms. The monoisotopic (exact) mass is 376 g/mol. The van der Waals surface area contributed by atoms with Gasteiger partial charge in [0.1, 0.15) is 6.04 Å². The molecule has 0 aliphatic carbocycles. The second-order valence-electron chi connectivity index (χ2n) is 5.47. The zero-order chi connectivity index (χ0) is 18.4. The lowest BCUT2D eigenvalue weighted by Gasteiger charge is -2.19. The third-order valence-electron chi connectivity index (χ3n) is 3.73. The lowest BCUT2D eigenvalue weighted by Crippen LogP contribution is -2.51. The molecule has 0 aliphatic heterocycles. The van der Waals surface area contributed by atoms with E-state index in [-0.39, 0.29) is 7.43 Å². The van der Waals surface area contributed by atoms with Crippen molar-refractivity contribution in [3.05, 3.63) is 54.1 Å². The van der Waals surface area contributed by atoms with Crippen molar-refractivity contribution in [2.24, 2.45) is 0 Å². The molecule has 6 nitrogen and oxygen atoms in total. The van der Waals surface area contributed by atoms with Crippen molar-refractivity contribution in [3.8, 4) is 11.1 Å². The van der Waals surface area contributed by atoms with Crippen LogP contribution in [0.3, 0.4) is 0 Å². The third kappa shape index (κ3) is 5.32. The molecule has 2 aromatic carbocycles. The van der Waals surface area contributed by atoms with Crippen molar-refractivity contribution in [1.82, 2.24) is 10.8 Å². The van der Waals surface area contributed by atoms with Gasteiger partial charge in [0.25, 0.3) is 11.8 Å². The first-order chi connectivity index (χ1) is 12.0. The zero-order valence-electron chi connectivity index (χ0n) is 13.9. The van der Waals surface area contributed by atoms with E-state index >= 15 is 0 Å². The highest BCUT2D eigenvalue weighted by molar-refractivity contribution is 7.98. The molecule has 0 aliphatic rings. The number of hydroxylamine groups is 1. The van der Waals surface area contributed by atoms with Crippen LogP contribution < -0.4 is 10.8 Å². The van der Waals surface area contributed by atoms with Gasteiger partial charge in [0.05, 0.1) is 6.10 Å². The average molecular weight is 376 g/mol. The van der Waals surface area contributed by atoms with Gasteiger partial charge in [-0.05, 0) is 48.6 Å². The Kier molecular flexibility index (Phi) is 8.31. The maximum absolute atomic E-state index is 12.2. The van der Waals surface area contributed by atoms with Crippen LogP contribution >= 0.6 is 11.8 Å². The third-order valence-corrected chi connectivity index (χ3v) is 4.48. The van der Waals surface area contributed by atoms with E-state index in [2.05, 4.69) is 5.32 Å². The quantitative estimate of drug-likeness (QED) is 0.353. The molecule has 4 N–H and O–H groups in total. The van der Waals surface area contributed by atoms with Crippen molar-refractivity contribution < 1.29 is 19.9 Å². The normalized spacial score (nSPS) is 12.5. The molecular weight excluding hydrogens is 352 g/mol.